The molecule has 0 N–H and O–H groups in total. The van der Waals surface area contributed by atoms with Gasteiger partial charge in [-0.3, -0.25) is 15.0 Å². The van der Waals surface area contributed by atoms with Crippen LogP contribution in [-0.2, 0) is 60.4 Å². The highest BCUT2D eigenvalue weighted by Crippen LogP contribution is 2.49. The summed E-state index contributed by atoms with van der Waals surface area (Å²) >= 11 is 0. The minimum absolute atomic E-state index is 0.105. The molecule has 5 atom stereocenters. The van der Waals surface area contributed by atoms with Crippen molar-refractivity contribution in [2.75, 3.05) is 0 Å². The molecular formula is C93H65F18N37+10. The maximum absolute atomic E-state index is 14.1. The number of aromatic nitrogens is 37. The standard InChI is InChI=1S/C20H16F3N7.2C19H13F4N7.C18H13F3N8.C17H10F4N8/c1-11-4-5-27-14(6-11)16-8-18(19(21,22)23)26-30(16)20(27)28-10-13(3)24-9-17(28)15-7-12(2)25-29(15)20;1-10-11(2)25-30-17(10)15-9-24-4-6-28(15)19(30)27-5-3-12(20)7-13(27)14-8-16(18(21,22)23)26-29(14)19;1-10-5-14-16-8-24-11(2)9-28(16)19(29(14)25-10)27-4-3-12(20)6-13(27)15-7-17(18(21,22)23)26-30(15)19;1-10-3-5-26-12(7-10)13-8-15(17(19,20)21)25-28(13)18(26)27-6-4-22-9-14(27)16-23-11(2)24-29(16)18;1-9-23-15-13-8-22-3-5-27(13)17(29(15)24-9)26-4-2-10(18)6-11(26)12-7-14(16(19,20)21)25-28(12)17/h4-10H,1-3H3;2*3-9H,1-2H3;3-9H,1-2H3;2-8H,1H3/q5*+2. The Kier molecular flexibility index (Phi) is 17.8. The summed E-state index contributed by atoms with van der Waals surface area (Å²) in [5.74, 6) is -6.89. The van der Waals surface area contributed by atoms with Crippen molar-refractivity contribution >= 4 is 0 Å². The molecule has 0 saturated heterocycles. The van der Waals surface area contributed by atoms with Gasteiger partial charge in [0, 0.05) is 96.6 Å². The number of fused-ring (bicyclic) bond motifs is 50. The van der Waals surface area contributed by atoms with E-state index in [1.165, 1.54) is 95.5 Å². The predicted molar refractivity (Wildman–Crippen MR) is 456 cm³/mol. The summed E-state index contributed by atoms with van der Waals surface area (Å²) in [5, 5.41) is 42.6. The van der Waals surface area contributed by atoms with E-state index in [1.54, 1.807) is 140 Å². The topological polar surface area (TPSA) is 307 Å². The van der Waals surface area contributed by atoms with E-state index in [0.29, 0.717) is 91.6 Å². The fraction of sp³-hybridized carbons (Fsp3) is 0.215. The number of rotatable bonds is 0. The van der Waals surface area contributed by atoms with Crippen LogP contribution in [0.4, 0.5) is 79.0 Å². The van der Waals surface area contributed by atoms with Gasteiger partial charge in [-0.2, -0.15) is 107 Å². The lowest BCUT2D eigenvalue weighted by molar-refractivity contribution is -0.991. The maximum Gasteiger partial charge on any atom is 0.584 e. The fourth-order valence-electron chi connectivity index (χ4n) is 21.5. The number of pyridine rings is 5. The van der Waals surface area contributed by atoms with E-state index in [1.807, 2.05) is 110 Å². The molecule has 5 unspecified atom stereocenters. The van der Waals surface area contributed by atoms with Crippen molar-refractivity contribution in [3.63, 3.8) is 0 Å². The number of halogens is 18. The molecule has 738 valence electrons. The van der Waals surface area contributed by atoms with E-state index in [4.69, 9.17) is 0 Å². The zero-order valence-corrected chi connectivity index (χ0v) is 77.6. The van der Waals surface area contributed by atoms with Gasteiger partial charge in [0.25, 0.3) is 28.5 Å². The zero-order chi connectivity index (χ0) is 103. The highest BCUT2D eigenvalue weighted by Gasteiger charge is 2.77. The molecular weight excluding hydrogens is 1980 g/mol. The molecule has 30 rings (SSSR count). The van der Waals surface area contributed by atoms with Gasteiger partial charge in [0.2, 0.25) is 52.5 Å². The Morgan fingerprint density at radius 2 is 0.527 bits per heavy atom. The van der Waals surface area contributed by atoms with Gasteiger partial charge >= 0.3 is 60.4 Å². The Bertz CT molecular complexity index is 8690. The minimum atomic E-state index is -4.66. The molecule has 20 aromatic rings. The summed E-state index contributed by atoms with van der Waals surface area (Å²) in [6.07, 6.45) is 6.31. The second-order valence-electron chi connectivity index (χ2n) is 36.3. The van der Waals surface area contributed by atoms with Crippen molar-refractivity contribution < 1.29 is 125 Å². The molecule has 10 aliphatic rings. The first-order chi connectivity index (χ1) is 70.3. The number of alkyl halides is 15. The van der Waals surface area contributed by atoms with E-state index in [0.717, 1.165) is 75.5 Å². The van der Waals surface area contributed by atoms with Crippen molar-refractivity contribution in [2.45, 2.75) is 130 Å². The Labute approximate surface area is 815 Å². The maximum atomic E-state index is 14.1. The summed E-state index contributed by atoms with van der Waals surface area (Å²) in [6.45, 7) is 18.2. The van der Waals surface area contributed by atoms with Crippen LogP contribution in [0, 0.1) is 86.7 Å². The Balaban J connectivity index is 0.0000000936. The van der Waals surface area contributed by atoms with E-state index in [-0.39, 0.29) is 34.2 Å². The Morgan fingerprint density at radius 3 is 0.858 bits per heavy atom. The van der Waals surface area contributed by atoms with Crippen LogP contribution in [0.2, 0.25) is 0 Å². The number of hydrogen-bond acceptors (Lipinski definition) is 17. The first kappa shape index (κ1) is 89.9. The van der Waals surface area contributed by atoms with Crippen molar-refractivity contribution in [1.82, 2.24) is 133 Å². The highest BCUT2D eigenvalue weighted by atomic mass is 19.4. The van der Waals surface area contributed by atoms with Crippen LogP contribution >= 0.6 is 0 Å². The molecule has 55 heteroatoms. The van der Waals surface area contributed by atoms with Crippen molar-refractivity contribution in [3.8, 4) is 114 Å². The number of aryl methyl sites for hydroxylation is 9. The van der Waals surface area contributed by atoms with Crippen LogP contribution in [0.5, 0.6) is 0 Å². The second-order valence-corrected chi connectivity index (χ2v) is 36.3. The fourth-order valence-corrected chi connectivity index (χ4v) is 21.5. The quantitative estimate of drug-likeness (QED) is 0.101. The lowest BCUT2D eigenvalue weighted by Crippen LogP contribution is -2.77. The molecule has 30 heterocycles. The van der Waals surface area contributed by atoms with Gasteiger partial charge in [-0.1, -0.05) is 55.0 Å². The molecule has 5 spiro atoms. The van der Waals surface area contributed by atoms with E-state index in [9.17, 15) is 79.0 Å². The Morgan fingerprint density at radius 1 is 0.250 bits per heavy atom. The third-order valence-corrected chi connectivity index (χ3v) is 27.2. The van der Waals surface area contributed by atoms with Crippen molar-refractivity contribution in [3.05, 3.63) is 317 Å². The third kappa shape index (κ3) is 11.7. The van der Waals surface area contributed by atoms with Crippen LogP contribution in [0.15, 0.2) is 215 Å². The average molecular weight is 2040 g/mol. The first-order valence-electron chi connectivity index (χ1n) is 44.9. The average Bonchev–Trinajstić information content (AvgIpc) is 1.35. The van der Waals surface area contributed by atoms with Crippen LogP contribution in [0.3, 0.4) is 0 Å². The zero-order valence-electron chi connectivity index (χ0n) is 77.6. The number of nitrogens with zero attached hydrogens (tertiary/aromatic N) is 37. The van der Waals surface area contributed by atoms with Crippen molar-refractivity contribution in [1.29, 1.82) is 0 Å². The van der Waals surface area contributed by atoms with Crippen LogP contribution in [0.1, 0.15) is 85.3 Å². The largest absolute Gasteiger partial charge is 0.584 e. The molecule has 0 fully saturated rings. The summed E-state index contributed by atoms with van der Waals surface area (Å²) in [7, 11) is 0. The normalized spacial score (nSPS) is 18.5. The lowest BCUT2D eigenvalue weighted by atomic mass is 10.2. The molecule has 0 aliphatic carbocycles. The monoisotopic (exact) mass is 2040 g/mol. The third-order valence-electron chi connectivity index (χ3n) is 27.2. The van der Waals surface area contributed by atoms with Crippen molar-refractivity contribution in [2.24, 2.45) is 0 Å². The smallest absolute Gasteiger partial charge is 0.251 e. The molecule has 0 saturated carbocycles. The van der Waals surface area contributed by atoms with Gasteiger partial charge in [0.05, 0.1) is 35.7 Å². The van der Waals surface area contributed by atoms with E-state index in [2.05, 4.69) is 85.9 Å². The van der Waals surface area contributed by atoms with Crippen LogP contribution < -0.4 is 45.7 Å². The summed E-state index contributed by atoms with van der Waals surface area (Å²) in [5.41, 5.74) is 9.60. The molecule has 0 amide bonds. The van der Waals surface area contributed by atoms with Gasteiger partial charge in [-0.25, -0.2) is 33.1 Å². The molecule has 10 aliphatic heterocycles. The predicted octanol–water partition coefficient (Wildman–Crippen LogP) is 8.50. The van der Waals surface area contributed by atoms with Gasteiger partial charge < -0.3 is 0 Å². The van der Waals surface area contributed by atoms with E-state index < -0.39 is 106 Å². The first-order valence-corrected chi connectivity index (χ1v) is 44.9. The van der Waals surface area contributed by atoms with E-state index >= 15 is 0 Å². The Hall–Kier alpha value is -18.2. The van der Waals surface area contributed by atoms with Gasteiger partial charge in [-0.05, 0) is 92.5 Å². The molecule has 37 nitrogen and oxygen atoms in total. The lowest BCUT2D eigenvalue weighted by Gasteiger charge is -2.16. The summed E-state index contributed by atoms with van der Waals surface area (Å²) < 4.78 is 277. The van der Waals surface area contributed by atoms with Gasteiger partial charge in [-0.15, -0.1) is 47.7 Å². The van der Waals surface area contributed by atoms with Crippen LogP contribution in [-0.4, -0.2) is 133 Å². The van der Waals surface area contributed by atoms with Gasteiger partial charge in [0.1, 0.15) is 71.5 Å². The molecule has 0 aromatic carbocycles. The van der Waals surface area contributed by atoms with Gasteiger partial charge in [0.15, 0.2) is 124 Å². The number of hydrogen-bond donors (Lipinski definition) is 0. The second kappa shape index (κ2) is 29.4. The molecule has 0 bridgehead atoms. The molecule has 148 heavy (non-hydrogen) atoms. The SMILES string of the molecule is Cc1c[n+]2c(cn1)-c1cc(C)nn1C21n2nc(C(F)(F)F)cc2-c2cc(F)cc[n+]21.Cc1cc[n+]2c(c1)-c1cc(C(F)(F)F)nn1C21n2nc(C)cc2-c2cnc(C)c[n+]21.Cc1cc[n+]2c(c1)-c1cc(C(F)(F)F)nn1C21n2nc(C)nc2-c2cncc[n+]21.Cc1nc2n(n1)C1(n3nc(C(F)(F)F)cc3-c3cc(F)cc[n+]31)[n+]1ccncc1-2.Cc1nn2c(c1C)-c1cncc[n+]1C21n2nc(C(F)(F)F)cc2-c2cc(F)cc[n+]21. The molecule has 20 aromatic heterocycles. The van der Waals surface area contributed by atoms with Crippen LogP contribution in [0.25, 0.3) is 114 Å². The highest BCUT2D eigenvalue weighted by molar-refractivity contribution is 5.65. The molecule has 0 radical (unpaired) electrons. The summed E-state index contributed by atoms with van der Waals surface area (Å²) in [6, 6.07) is 23.5. The minimum Gasteiger partial charge on any atom is -0.251 e. The summed E-state index contributed by atoms with van der Waals surface area (Å²) in [4.78, 5) is 30.1.